The van der Waals surface area contributed by atoms with E-state index in [0.717, 1.165) is 38.2 Å². The molecule has 72 valence electrons. The molecule has 0 bridgehead atoms. The third-order valence-corrected chi connectivity index (χ3v) is 2.33. The average molecular weight is 192 g/mol. The molecular formula is C9H18ClNO. The van der Waals surface area contributed by atoms with Gasteiger partial charge in [0.15, 0.2) is 0 Å². The normalized spacial score (nSPS) is 17.2. The van der Waals surface area contributed by atoms with E-state index in [1.807, 2.05) is 6.92 Å². The van der Waals surface area contributed by atoms with E-state index >= 15 is 0 Å². The molecule has 3 heteroatoms. The van der Waals surface area contributed by atoms with Crippen molar-refractivity contribution in [3.05, 3.63) is 0 Å². The van der Waals surface area contributed by atoms with E-state index in [-0.39, 0.29) is 0 Å². The molecule has 0 spiro atoms. The highest BCUT2D eigenvalue weighted by molar-refractivity contribution is 6.18. The SMILES string of the molecule is CCOCCN(CCCl)C1CC1. The minimum absolute atomic E-state index is 0.739. The number of nitrogens with zero attached hydrogens (tertiary/aromatic N) is 1. The minimum atomic E-state index is 0.739. The minimum Gasteiger partial charge on any atom is -0.380 e. The first-order chi connectivity index (χ1) is 5.88. The molecule has 0 aliphatic heterocycles. The second-order valence-electron chi connectivity index (χ2n) is 3.15. The predicted molar refractivity (Wildman–Crippen MR) is 51.8 cm³/mol. The molecule has 0 unspecified atom stereocenters. The molecule has 1 fully saturated rings. The maximum atomic E-state index is 5.70. The highest BCUT2D eigenvalue weighted by Gasteiger charge is 2.27. The van der Waals surface area contributed by atoms with Gasteiger partial charge in [0.25, 0.3) is 0 Å². The van der Waals surface area contributed by atoms with Gasteiger partial charge in [-0.1, -0.05) is 0 Å². The van der Waals surface area contributed by atoms with Crippen LogP contribution in [0.25, 0.3) is 0 Å². The highest BCUT2D eigenvalue weighted by atomic mass is 35.5. The van der Waals surface area contributed by atoms with Crippen LogP contribution in [0.1, 0.15) is 19.8 Å². The molecule has 1 saturated carbocycles. The predicted octanol–water partition coefficient (Wildman–Crippen LogP) is 1.73. The molecule has 0 aromatic carbocycles. The lowest BCUT2D eigenvalue weighted by molar-refractivity contribution is 0.113. The third kappa shape index (κ3) is 3.74. The van der Waals surface area contributed by atoms with Gasteiger partial charge in [0.05, 0.1) is 6.61 Å². The van der Waals surface area contributed by atoms with Gasteiger partial charge in [-0.3, -0.25) is 4.90 Å². The van der Waals surface area contributed by atoms with Crippen LogP contribution in [0, 0.1) is 0 Å². The summed E-state index contributed by atoms with van der Waals surface area (Å²) in [5, 5.41) is 0. The van der Waals surface area contributed by atoms with Crippen LogP contribution in [-0.2, 0) is 4.74 Å². The summed E-state index contributed by atoms with van der Waals surface area (Å²) in [6, 6.07) is 0.809. The van der Waals surface area contributed by atoms with Gasteiger partial charge >= 0.3 is 0 Å². The Morgan fingerprint density at radius 1 is 1.42 bits per heavy atom. The summed E-state index contributed by atoms with van der Waals surface area (Å²) in [6.45, 7) is 5.76. The van der Waals surface area contributed by atoms with Crippen molar-refractivity contribution in [1.29, 1.82) is 0 Å². The molecule has 0 N–H and O–H groups in total. The van der Waals surface area contributed by atoms with Crippen molar-refractivity contribution < 1.29 is 4.74 Å². The highest BCUT2D eigenvalue weighted by Crippen LogP contribution is 2.26. The quantitative estimate of drug-likeness (QED) is 0.449. The Hall–Kier alpha value is 0.210. The first-order valence-electron chi connectivity index (χ1n) is 4.76. The van der Waals surface area contributed by atoms with Gasteiger partial charge in [0, 0.05) is 31.6 Å². The molecule has 0 saturated heterocycles. The van der Waals surface area contributed by atoms with Gasteiger partial charge in [-0.05, 0) is 19.8 Å². The average Bonchev–Trinajstić information content (AvgIpc) is 2.86. The third-order valence-electron chi connectivity index (χ3n) is 2.16. The van der Waals surface area contributed by atoms with Crippen LogP contribution in [0.4, 0.5) is 0 Å². The fourth-order valence-corrected chi connectivity index (χ4v) is 1.57. The molecule has 1 aliphatic rings. The van der Waals surface area contributed by atoms with E-state index in [2.05, 4.69) is 4.90 Å². The molecule has 0 heterocycles. The number of rotatable bonds is 7. The maximum Gasteiger partial charge on any atom is 0.0593 e. The van der Waals surface area contributed by atoms with E-state index in [9.17, 15) is 0 Å². The van der Waals surface area contributed by atoms with Gasteiger partial charge in [-0.2, -0.15) is 0 Å². The molecule has 12 heavy (non-hydrogen) atoms. The monoisotopic (exact) mass is 191 g/mol. The number of hydrogen-bond donors (Lipinski definition) is 0. The van der Waals surface area contributed by atoms with Gasteiger partial charge in [-0.15, -0.1) is 11.6 Å². The second-order valence-corrected chi connectivity index (χ2v) is 3.53. The lowest BCUT2D eigenvalue weighted by Gasteiger charge is -2.20. The maximum absolute atomic E-state index is 5.70. The van der Waals surface area contributed by atoms with Crippen LogP contribution in [0.15, 0.2) is 0 Å². The summed E-state index contributed by atoms with van der Waals surface area (Å²) in [5.74, 6) is 0.739. The second kappa shape index (κ2) is 5.79. The van der Waals surface area contributed by atoms with Crippen molar-refractivity contribution in [3.63, 3.8) is 0 Å². The Morgan fingerprint density at radius 3 is 2.67 bits per heavy atom. The molecule has 1 aliphatic carbocycles. The van der Waals surface area contributed by atoms with Crippen LogP contribution < -0.4 is 0 Å². The number of hydrogen-bond acceptors (Lipinski definition) is 2. The lowest BCUT2D eigenvalue weighted by Crippen LogP contribution is -2.31. The molecule has 0 atom stereocenters. The Morgan fingerprint density at radius 2 is 2.17 bits per heavy atom. The molecule has 0 aromatic rings. The molecule has 0 radical (unpaired) electrons. The first kappa shape index (κ1) is 10.3. The Kier molecular flexibility index (Phi) is 4.96. The van der Waals surface area contributed by atoms with Crippen molar-refractivity contribution >= 4 is 11.6 Å². The van der Waals surface area contributed by atoms with Gasteiger partial charge in [0.1, 0.15) is 0 Å². The standard InChI is InChI=1S/C9H18ClNO/c1-2-12-8-7-11(6-5-10)9-3-4-9/h9H,2-8H2,1H3. The Balaban J connectivity index is 2.05. The van der Waals surface area contributed by atoms with E-state index in [4.69, 9.17) is 16.3 Å². The first-order valence-corrected chi connectivity index (χ1v) is 5.29. The molecule has 0 aromatic heterocycles. The van der Waals surface area contributed by atoms with E-state index < -0.39 is 0 Å². The molecular weight excluding hydrogens is 174 g/mol. The topological polar surface area (TPSA) is 12.5 Å². The van der Waals surface area contributed by atoms with E-state index in [1.54, 1.807) is 0 Å². The molecule has 1 rings (SSSR count). The zero-order valence-electron chi connectivity index (χ0n) is 7.76. The fraction of sp³-hybridized carbons (Fsp3) is 1.00. The lowest BCUT2D eigenvalue weighted by atomic mass is 10.4. The van der Waals surface area contributed by atoms with E-state index in [0.29, 0.717) is 0 Å². The summed E-state index contributed by atoms with van der Waals surface area (Å²) in [4.78, 5) is 2.43. The van der Waals surface area contributed by atoms with Crippen LogP contribution in [0.5, 0.6) is 0 Å². The van der Waals surface area contributed by atoms with Crippen molar-refractivity contribution in [3.8, 4) is 0 Å². The van der Waals surface area contributed by atoms with Crippen molar-refractivity contribution in [2.75, 3.05) is 32.2 Å². The largest absolute Gasteiger partial charge is 0.380 e. The molecule has 2 nitrogen and oxygen atoms in total. The zero-order valence-corrected chi connectivity index (χ0v) is 8.52. The summed E-state index contributed by atoms with van der Waals surface area (Å²) in [7, 11) is 0. The van der Waals surface area contributed by atoms with Gasteiger partial charge in [-0.25, -0.2) is 0 Å². The van der Waals surface area contributed by atoms with E-state index in [1.165, 1.54) is 12.8 Å². The van der Waals surface area contributed by atoms with Crippen LogP contribution >= 0.6 is 11.6 Å². The summed E-state index contributed by atoms with van der Waals surface area (Å²) in [6.07, 6.45) is 2.70. The van der Waals surface area contributed by atoms with Crippen molar-refractivity contribution in [1.82, 2.24) is 4.90 Å². The summed E-state index contributed by atoms with van der Waals surface area (Å²) in [5.41, 5.74) is 0. The Bertz CT molecular complexity index is 117. The number of alkyl halides is 1. The zero-order chi connectivity index (χ0) is 8.81. The van der Waals surface area contributed by atoms with Crippen molar-refractivity contribution in [2.24, 2.45) is 0 Å². The Labute approximate surface area is 79.8 Å². The molecule has 0 amide bonds. The smallest absolute Gasteiger partial charge is 0.0593 e. The number of ether oxygens (including phenoxy) is 1. The summed E-state index contributed by atoms with van der Waals surface area (Å²) < 4.78 is 5.30. The van der Waals surface area contributed by atoms with Crippen LogP contribution in [-0.4, -0.2) is 43.1 Å². The fourth-order valence-electron chi connectivity index (χ4n) is 1.35. The van der Waals surface area contributed by atoms with Crippen LogP contribution in [0.2, 0.25) is 0 Å². The van der Waals surface area contributed by atoms with Crippen LogP contribution in [0.3, 0.4) is 0 Å². The number of halogens is 1. The van der Waals surface area contributed by atoms with Gasteiger partial charge < -0.3 is 4.74 Å². The summed E-state index contributed by atoms with van der Waals surface area (Å²) >= 11 is 5.70. The van der Waals surface area contributed by atoms with Gasteiger partial charge in [0.2, 0.25) is 0 Å². The van der Waals surface area contributed by atoms with Crippen molar-refractivity contribution in [2.45, 2.75) is 25.8 Å².